The van der Waals surface area contributed by atoms with Crippen LogP contribution in [0.25, 0.3) is 0 Å². The molecule has 0 saturated carbocycles. The molecule has 0 aliphatic rings. The van der Waals surface area contributed by atoms with Crippen LogP contribution in [0.3, 0.4) is 0 Å². The molecule has 0 radical (unpaired) electrons. The third-order valence-electron chi connectivity index (χ3n) is 2.03. The van der Waals surface area contributed by atoms with E-state index in [1.165, 1.54) is 4.90 Å². The van der Waals surface area contributed by atoms with Gasteiger partial charge in [0.05, 0.1) is 0 Å². The molecule has 0 bridgehead atoms. The highest BCUT2D eigenvalue weighted by Gasteiger charge is 2.05. The minimum atomic E-state index is 0.0517. The first-order valence-corrected chi connectivity index (χ1v) is 6.71. The van der Waals surface area contributed by atoms with E-state index in [0.717, 1.165) is 22.2 Å². The first-order valence-electron chi connectivity index (χ1n) is 4.94. The van der Waals surface area contributed by atoms with Crippen LogP contribution in [0.2, 0.25) is 0 Å². The third kappa shape index (κ3) is 4.15. The average Bonchev–Trinajstić information content (AvgIpc) is 2.17. The summed E-state index contributed by atoms with van der Waals surface area (Å²) in [6.07, 6.45) is 0.831. The Kier molecular flexibility index (Phi) is 5.68. The summed E-state index contributed by atoms with van der Waals surface area (Å²) in [5, 5.41) is 8.68. The van der Waals surface area contributed by atoms with Gasteiger partial charge in [-0.2, -0.15) is 0 Å². The zero-order valence-electron chi connectivity index (χ0n) is 8.74. The fourth-order valence-corrected chi connectivity index (χ4v) is 2.99. The number of aliphatic hydroxyl groups excluding tert-OH is 1. The quantitative estimate of drug-likeness (QED) is 0.647. The predicted molar refractivity (Wildman–Crippen MR) is 69.2 cm³/mol. The van der Waals surface area contributed by atoms with E-state index in [0.29, 0.717) is 0 Å². The lowest BCUT2D eigenvalue weighted by molar-refractivity contribution is 0.296. The van der Waals surface area contributed by atoms with Crippen molar-refractivity contribution in [1.29, 1.82) is 0 Å². The molecule has 0 aliphatic heterocycles. The van der Waals surface area contributed by atoms with Crippen LogP contribution in [0.5, 0.6) is 0 Å². The molecule has 4 heteroatoms. The molecule has 1 rings (SSSR count). The topological polar surface area (TPSA) is 46.2 Å². The van der Waals surface area contributed by atoms with Gasteiger partial charge in [-0.3, -0.25) is 0 Å². The van der Waals surface area contributed by atoms with Crippen molar-refractivity contribution in [3.8, 4) is 0 Å². The molecular formula is C11H16BrNOS. The van der Waals surface area contributed by atoms with Crippen molar-refractivity contribution < 1.29 is 5.11 Å². The van der Waals surface area contributed by atoms with Gasteiger partial charge in [-0.15, -0.1) is 11.8 Å². The average molecular weight is 290 g/mol. The Labute approximate surface area is 103 Å². The number of rotatable bonds is 5. The summed E-state index contributed by atoms with van der Waals surface area (Å²) in [7, 11) is 0. The molecule has 3 N–H and O–H groups in total. The van der Waals surface area contributed by atoms with E-state index >= 15 is 0 Å². The van der Waals surface area contributed by atoms with Crippen molar-refractivity contribution in [3.05, 3.63) is 28.2 Å². The lowest BCUT2D eigenvalue weighted by Crippen LogP contribution is -2.05. The molecule has 0 unspecified atom stereocenters. The number of benzene rings is 1. The monoisotopic (exact) mass is 289 g/mol. The minimum Gasteiger partial charge on any atom is -0.396 e. The molecule has 0 saturated heterocycles. The highest BCUT2D eigenvalue weighted by molar-refractivity contribution is 9.10. The number of hydrogen-bond donors (Lipinski definition) is 2. The van der Waals surface area contributed by atoms with Crippen molar-refractivity contribution >= 4 is 27.7 Å². The standard InChI is InChI=1S/C11H16BrNOS/c1-8(13)10-4-3-9(7-11(10)12)15-6-2-5-14/h3-4,7-8,14H,2,5-6,13H2,1H3/t8-/m1/s1. The van der Waals surface area contributed by atoms with Gasteiger partial charge >= 0.3 is 0 Å². The summed E-state index contributed by atoms with van der Waals surface area (Å²) < 4.78 is 1.06. The van der Waals surface area contributed by atoms with Gasteiger partial charge in [0.2, 0.25) is 0 Å². The molecular weight excluding hydrogens is 274 g/mol. The summed E-state index contributed by atoms with van der Waals surface area (Å²) >= 11 is 5.26. The molecule has 15 heavy (non-hydrogen) atoms. The van der Waals surface area contributed by atoms with E-state index in [1.54, 1.807) is 11.8 Å². The predicted octanol–water partition coefficient (Wildman–Crippen LogP) is 2.94. The summed E-state index contributed by atoms with van der Waals surface area (Å²) in [6.45, 7) is 2.23. The second-order valence-electron chi connectivity index (χ2n) is 3.40. The lowest BCUT2D eigenvalue weighted by atomic mass is 10.1. The molecule has 84 valence electrons. The molecule has 0 aliphatic carbocycles. The highest BCUT2D eigenvalue weighted by atomic mass is 79.9. The molecule has 1 atom stereocenters. The van der Waals surface area contributed by atoms with E-state index in [2.05, 4.69) is 34.1 Å². The maximum absolute atomic E-state index is 8.68. The van der Waals surface area contributed by atoms with Crippen LogP contribution in [0.4, 0.5) is 0 Å². The van der Waals surface area contributed by atoms with E-state index in [1.807, 2.05) is 6.92 Å². The van der Waals surface area contributed by atoms with Gasteiger partial charge in [-0.05, 0) is 31.0 Å². The molecule has 0 amide bonds. The fraction of sp³-hybridized carbons (Fsp3) is 0.455. The van der Waals surface area contributed by atoms with E-state index in [-0.39, 0.29) is 12.6 Å². The maximum Gasteiger partial charge on any atom is 0.0439 e. The van der Waals surface area contributed by atoms with Crippen molar-refractivity contribution in [2.45, 2.75) is 24.3 Å². The summed E-state index contributed by atoms with van der Waals surface area (Å²) in [4.78, 5) is 1.21. The Balaban J connectivity index is 2.65. The minimum absolute atomic E-state index is 0.0517. The second kappa shape index (κ2) is 6.53. The lowest BCUT2D eigenvalue weighted by Gasteiger charge is -2.09. The van der Waals surface area contributed by atoms with Crippen LogP contribution in [-0.4, -0.2) is 17.5 Å². The molecule has 1 aromatic rings. The van der Waals surface area contributed by atoms with Crippen LogP contribution >= 0.6 is 27.7 Å². The van der Waals surface area contributed by atoms with Gasteiger partial charge in [0.15, 0.2) is 0 Å². The normalized spacial score (nSPS) is 12.8. The summed E-state index contributed by atoms with van der Waals surface area (Å²) in [5.41, 5.74) is 6.94. The van der Waals surface area contributed by atoms with Crippen LogP contribution < -0.4 is 5.73 Å². The van der Waals surface area contributed by atoms with Crippen molar-refractivity contribution in [2.24, 2.45) is 5.73 Å². The molecule has 0 fully saturated rings. The summed E-state index contributed by atoms with van der Waals surface area (Å²) in [5.74, 6) is 0.945. The Morgan fingerprint density at radius 2 is 2.27 bits per heavy atom. The Morgan fingerprint density at radius 3 is 2.80 bits per heavy atom. The van der Waals surface area contributed by atoms with E-state index in [9.17, 15) is 0 Å². The largest absolute Gasteiger partial charge is 0.396 e. The smallest absolute Gasteiger partial charge is 0.0439 e. The van der Waals surface area contributed by atoms with Gasteiger partial charge in [0, 0.05) is 27.8 Å². The van der Waals surface area contributed by atoms with Crippen molar-refractivity contribution in [3.63, 3.8) is 0 Å². The maximum atomic E-state index is 8.68. The number of thioether (sulfide) groups is 1. The molecule has 0 aromatic heterocycles. The van der Waals surface area contributed by atoms with Gasteiger partial charge in [-0.25, -0.2) is 0 Å². The van der Waals surface area contributed by atoms with Crippen LogP contribution in [0.15, 0.2) is 27.6 Å². The number of aliphatic hydroxyl groups is 1. The van der Waals surface area contributed by atoms with Crippen molar-refractivity contribution in [1.82, 2.24) is 0 Å². The number of hydrogen-bond acceptors (Lipinski definition) is 3. The van der Waals surface area contributed by atoms with Crippen LogP contribution in [0, 0.1) is 0 Å². The molecule has 2 nitrogen and oxygen atoms in total. The van der Waals surface area contributed by atoms with Crippen molar-refractivity contribution in [2.75, 3.05) is 12.4 Å². The molecule has 1 aromatic carbocycles. The highest BCUT2D eigenvalue weighted by Crippen LogP contribution is 2.28. The Bertz CT molecular complexity index is 317. The zero-order chi connectivity index (χ0) is 11.3. The van der Waals surface area contributed by atoms with Gasteiger partial charge in [-0.1, -0.05) is 22.0 Å². The first kappa shape index (κ1) is 13.0. The fourth-order valence-electron chi connectivity index (χ4n) is 1.22. The third-order valence-corrected chi connectivity index (χ3v) is 3.80. The zero-order valence-corrected chi connectivity index (χ0v) is 11.1. The number of nitrogens with two attached hydrogens (primary N) is 1. The Hall–Kier alpha value is -0.0300. The van der Waals surface area contributed by atoms with Crippen LogP contribution in [0.1, 0.15) is 24.9 Å². The molecule has 0 spiro atoms. The van der Waals surface area contributed by atoms with E-state index < -0.39 is 0 Å². The summed E-state index contributed by atoms with van der Waals surface area (Å²) in [6, 6.07) is 6.26. The number of halogens is 1. The second-order valence-corrected chi connectivity index (χ2v) is 5.42. The first-order chi connectivity index (χ1) is 7.15. The van der Waals surface area contributed by atoms with Gasteiger partial charge in [0.1, 0.15) is 0 Å². The van der Waals surface area contributed by atoms with Gasteiger partial charge in [0.25, 0.3) is 0 Å². The SMILES string of the molecule is C[C@@H](N)c1ccc(SCCCO)cc1Br. The van der Waals surface area contributed by atoms with Crippen LogP contribution in [-0.2, 0) is 0 Å². The van der Waals surface area contributed by atoms with E-state index in [4.69, 9.17) is 10.8 Å². The Morgan fingerprint density at radius 1 is 1.53 bits per heavy atom. The molecule has 0 heterocycles. The van der Waals surface area contributed by atoms with Gasteiger partial charge < -0.3 is 10.8 Å².